The van der Waals surface area contributed by atoms with Crippen molar-refractivity contribution in [3.05, 3.63) is 38.9 Å². The van der Waals surface area contributed by atoms with Crippen molar-refractivity contribution < 1.29 is 24.0 Å². The Morgan fingerprint density at radius 1 is 1.41 bits per heavy atom. The molecule has 146 valence electrons. The molecule has 3 atom stereocenters. The normalized spacial score (nSPS) is 21.7. The molecule has 8 nitrogen and oxygen atoms in total. The van der Waals surface area contributed by atoms with E-state index in [1.165, 1.54) is 0 Å². The predicted octanol–water partition coefficient (Wildman–Crippen LogP) is 2.64. The topological polar surface area (TPSA) is 116 Å². The summed E-state index contributed by atoms with van der Waals surface area (Å²) in [5.41, 5.74) is 1.33. The van der Waals surface area contributed by atoms with Crippen molar-refractivity contribution in [2.24, 2.45) is 17.8 Å². The Bertz CT molecular complexity index is 766. The molecule has 0 spiro atoms. The number of amides is 1. The molecule has 2 rings (SSSR count). The lowest BCUT2D eigenvalue weighted by atomic mass is 9.88. The fourth-order valence-electron chi connectivity index (χ4n) is 3.25. The van der Waals surface area contributed by atoms with Crippen LogP contribution in [0.2, 0.25) is 5.02 Å². The van der Waals surface area contributed by atoms with Gasteiger partial charge < -0.3 is 10.1 Å². The quantitative estimate of drug-likeness (QED) is 0.430. The largest absolute Gasteiger partial charge is 0.456 e. The van der Waals surface area contributed by atoms with Crippen LogP contribution in [0.5, 0.6) is 0 Å². The van der Waals surface area contributed by atoms with Crippen molar-refractivity contribution in [2.75, 3.05) is 18.5 Å². The smallest absolute Gasteiger partial charge is 0.307 e. The van der Waals surface area contributed by atoms with Gasteiger partial charge in [0.1, 0.15) is 5.78 Å². The number of rotatable bonds is 7. The number of anilines is 1. The Labute approximate surface area is 161 Å². The van der Waals surface area contributed by atoms with Crippen molar-refractivity contribution in [1.82, 2.24) is 0 Å². The van der Waals surface area contributed by atoms with Gasteiger partial charge in [-0.2, -0.15) is 0 Å². The monoisotopic (exact) mass is 396 g/mol. The van der Waals surface area contributed by atoms with E-state index in [2.05, 4.69) is 5.32 Å². The first-order valence-electron chi connectivity index (χ1n) is 8.53. The summed E-state index contributed by atoms with van der Waals surface area (Å²) in [4.78, 5) is 46.2. The van der Waals surface area contributed by atoms with Crippen molar-refractivity contribution in [2.45, 2.75) is 26.7 Å². The number of carbonyl (C=O) groups is 3. The maximum Gasteiger partial charge on any atom is 0.307 e. The van der Waals surface area contributed by atoms with Crippen LogP contribution in [-0.2, 0) is 19.1 Å². The standard InChI is InChI=1S/C18H21ClN2O6/c1-10-3-4-12(6-15(10)19)20-17(23)9-27-18(24)7-13-14(8-21(25)26)11(2)5-16(13)22/h3-4,6,11,13-14H,5,7-9H2,1-2H3,(H,20,23)/t11-,13-,14-/m1/s1. The molecule has 0 unspecified atom stereocenters. The number of nitrogens with zero attached hydrogens (tertiary/aromatic N) is 1. The lowest BCUT2D eigenvalue weighted by Crippen LogP contribution is -2.28. The van der Waals surface area contributed by atoms with Crippen LogP contribution in [0.15, 0.2) is 18.2 Å². The number of benzene rings is 1. The second-order valence-electron chi connectivity index (χ2n) is 6.81. The van der Waals surface area contributed by atoms with E-state index >= 15 is 0 Å². The molecule has 1 saturated carbocycles. The number of Topliss-reactive ketones (excluding diaryl/α,β-unsaturated/α-hetero) is 1. The third-order valence-electron chi connectivity index (χ3n) is 4.75. The summed E-state index contributed by atoms with van der Waals surface area (Å²) < 4.78 is 4.92. The fourth-order valence-corrected chi connectivity index (χ4v) is 3.43. The van der Waals surface area contributed by atoms with Crippen molar-refractivity contribution >= 4 is 34.9 Å². The number of nitro groups is 1. The van der Waals surface area contributed by atoms with E-state index in [-0.39, 0.29) is 31.1 Å². The summed E-state index contributed by atoms with van der Waals surface area (Å²) in [6.07, 6.45) is -0.0452. The Kier molecular flexibility index (Phi) is 6.90. The van der Waals surface area contributed by atoms with Crippen LogP contribution in [-0.4, -0.2) is 35.7 Å². The van der Waals surface area contributed by atoms with E-state index in [4.69, 9.17) is 16.3 Å². The summed E-state index contributed by atoms with van der Waals surface area (Å²) in [6, 6.07) is 4.99. The number of aryl methyl sites for hydroxylation is 1. The highest BCUT2D eigenvalue weighted by molar-refractivity contribution is 6.31. The minimum atomic E-state index is -0.739. The molecule has 1 aliphatic rings. The van der Waals surface area contributed by atoms with Crippen LogP contribution in [0.3, 0.4) is 0 Å². The molecule has 1 aliphatic carbocycles. The number of carbonyl (C=O) groups excluding carboxylic acids is 3. The molecule has 27 heavy (non-hydrogen) atoms. The zero-order valence-corrected chi connectivity index (χ0v) is 15.8. The van der Waals surface area contributed by atoms with Crippen LogP contribution < -0.4 is 5.32 Å². The maximum absolute atomic E-state index is 12.0. The molecule has 1 N–H and O–H groups in total. The van der Waals surface area contributed by atoms with Crippen molar-refractivity contribution in [3.8, 4) is 0 Å². The molecule has 1 fully saturated rings. The van der Waals surface area contributed by atoms with Gasteiger partial charge in [0.05, 0.1) is 6.42 Å². The molecule has 0 radical (unpaired) electrons. The summed E-state index contributed by atoms with van der Waals surface area (Å²) >= 11 is 5.98. The molecule has 1 aromatic carbocycles. The molecule has 0 bridgehead atoms. The molecule has 1 amide bonds. The van der Waals surface area contributed by atoms with Crippen LogP contribution in [0, 0.1) is 34.8 Å². The second kappa shape index (κ2) is 8.94. The first-order valence-corrected chi connectivity index (χ1v) is 8.91. The van der Waals surface area contributed by atoms with Gasteiger partial charge in [0.15, 0.2) is 6.61 Å². The summed E-state index contributed by atoms with van der Waals surface area (Å²) in [7, 11) is 0. The number of hydrogen-bond acceptors (Lipinski definition) is 6. The van der Waals surface area contributed by atoms with Gasteiger partial charge in [-0.1, -0.05) is 24.6 Å². The fraction of sp³-hybridized carbons (Fsp3) is 0.500. The highest BCUT2D eigenvalue weighted by Crippen LogP contribution is 2.36. The predicted molar refractivity (Wildman–Crippen MR) is 98.0 cm³/mol. The summed E-state index contributed by atoms with van der Waals surface area (Å²) in [5.74, 6) is -2.84. The maximum atomic E-state index is 12.0. The van der Waals surface area contributed by atoms with Crippen LogP contribution in [0.4, 0.5) is 5.69 Å². The number of ketones is 1. The van der Waals surface area contributed by atoms with Gasteiger partial charge in [-0.25, -0.2) is 0 Å². The first kappa shape index (κ1) is 20.8. The molecule has 0 saturated heterocycles. The zero-order chi connectivity index (χ0) is 20.1. The average Bonchev–Trinajstić information content (AvgIpc) is 2.83. The zero-order valence-electron chi connectivity index (χ0n) is 15.1. The second-order valence-corrected chi connectivity index (χ2v) is 7.22. The van der Waals surface area contributed by atoms with Crippen molar-refractivity contribution in [1.29, 1.82) is 0 Å². The van der Waals surface area contributed by atoms with Crippen LogP contribution >= 0.6 is 11.6 Å². The molecule has 0 heterocycles. The van der Waals surface area contributed by atoms with Gasteiger partial charge in [-0.3, -0.25) is 24.5 Å². The average molecular weight is 397 g/mol. The number of ether oxygens (including phenoxy) is 1. The van der Waals surface area contributed by atoms with E-state index in [1.807, 2.05) is 6.92 Å². The van der Waals surface area contributed by atoms with E-state index in [9.17, 15) is 24.5 Å². The Morgan fingerprint density at radius 2 is 2.11 bits per heavy atom. The van der Waals surface area contributed by atoms with Gasteiger partial charge in [0.2, 0.25) is 6.54 Å². The summed E-state index contributed by atoms with van der Waals surface area (Å²) in [5, 5.41) is 13.8. The number of esters is 1. The first-order chi connectivity index (χ1) is 12.7. The molecule has 9 heteroatoms. The van der Waals surface area contributed by atoms with Gasteiger partial charge >= 0.3 is 5.97 Å². The highest BCUT2D eigenvalue weighted by atomic mass is 35.5. The lowest BCUT2D eigenvalue weighted by molar-refractivity contribution is -0.490. The lowest BCUT2D eigenvalue weighted by Gasteiger charge is -2.17. The number of halogens is 1. The van der Waals surface area contributed by atoms with E-state index < -0.39 is 35.2 Å². The minimum Gasteiger partial charge on any atom is -0.456 e. The van der Waals surface area contributed by atoms with E-state index in [0.29, 0.717) is 10.7 Å². The third kappa shape index (κ3) is 5.75. The Balaban J connectivity index is 1.85. The molecule has 0 aromatic heterocycles. The Morgan fingerprint density at radius 3 is 2.74 bits per heavy atom. The molecule has 0 aliphatic heterocycles. The van der Waals surface area contributed by atoms with Gasteiger partial charge in [-0.15, -0.1) is 0 Å². The number of nitrogens with one attached hydrogen (secondary N) is 1. The van der Waals surface area contributed by atoms with Crippen molar-refractivity contribution in [3.63, 3.8) is 0 Å². The molecular weight excluding hydrogens is 376 g/mol. The molecule has 1 aromatic rings. The van der Waals surface area contributed by atoms with Crippen LogP contribution in [0.25, 0.3) is 0 Å². The third-order valence-corrected chi connectivity index (χ3v) is 5.16. The highest BCUT2D eigenvalue weighted by Gasteiger charge is 2.44. The SMILES string of the molecule is Cc1ccc(NC(=O)COC(=O)C[C@H]2C(=O)C[C@@H](C)[C@H]2C[N+](=O)[O-])cc1Cl. The molecular formula is C18H21ClN2O6. The summed E-state index contributed by atoms with van der Waals surface area (Å²) in [6.45, 7) is 2.71. The van der Waals surface area contributed by atoms with Gasteiger partial charge in [0, 0.05) is 33.9 Å². The van der Waals surface area contributed by atoms with E-state index in [1.54, 1.807) is 25.1 Å². The Hall–Kier alpha value is -2.48. The minimum absolute atomic E-state index is 0.157. The number of hydrogen-bond donors (Lipinski definition) is 1. The van der Waals surface area contributed by atoms with Crippen LogP contribution in [0.1, 0.15) is 25.3 Å². The van der Waals surface area contributed by atoms with E-state index in [0.717, 1.165) is 5.56 Å². The van der Waals surface area contributed by atoms with Gasteiger partial charge in [-0.05, 0) is 30.5 Å². The van der Waals surface area contributed by atoms with Gasteiger partial charge in [0.25, 0.3) is 5.91 Å².